The summed E-state index contributed by atoms with van der Waals surface area (Å²) in [7, 11) is 1.66. The molecular weight excluding hydrogens is 280 g/mol. The zero-order valence-corrected chi connectivity index (χ0v) is 12.9. The minimum absolute atomic E-state index is 0.233. The minimum atomic E-state index is 0.233. The lowest BCUT2D eigenvalue weighted by molar-refractivity contribution is -0.116. The van der Waals surface area contributed by atoms with E-state index in [0.717, 1.165) is 29.7 Å². The van der Waals surface area contributed by atoms with Crippen molar-refractivity contribution in [2.45, 2.75) is 25.2 Å². The number of carbonyl (C=O) groups is 1. The van der Waals surface area contributed by atoms with Crippen molar-refractivity contribution in [3.05, 3.63) is 57.8 Å². The van der Waals surface area contributed by atoms with Gasteiger partial charge >= 0.3 is 0 Å². The van der Waals surface area contributed by atoms with Crippen LogP contribution < -0.4 is 4.74 Å². The molecular formula is C18H18O2S. The Bertz CT molecular complexity index is 656. The number of rotatable bonds is 3. The molecule has 1 unspecified atom stereocenters. The number of methoxy groups -OCH3 is 1. The molecule has 0 radical (unpaired) electrons. The Hall–Kier alpha value is -1.87. The van der Waals surface area contributed by atoms with E-state index in [-0.39, 0.29) is 11.7 Å². The van der Waals surface area contributed by atoms with Gasteiger partial charge < -0.3 is 4.74 Å². The number of allylic oxidation sites excluding steroid dienone is 1. The molecule has 0 saturated heterocycles. The van der Waals surface area contributed by atoms with Gasteiger partial charge in [0, 0.05) is 28.4 Å². The van der Waals surface area contributed by atoms with Gasteiger partial charge in [-0.2, -0.15) is 0 Å². The lowest BCUT2D eigenvalue weighted by atomic mass is 9.81. The largest absolute Gasteiger partial charge is 0.496 e. The predicted octanol–water partition coefficient (Wildman–Crippen LogP) is 4.68. The number of ketones is 1. The Morgan fingerprint density at radius 3 is 2.86 bits per heavy atom. The van der Waals surface area contributed by atoms with Gasteiger partial charge in [0.25, 0.3) is 0 Å². The van der Waals surface area contributed by atoms with Crippen LogP contribution in [0.2, 0.25) is 0 Å². The van der Waals surface area contributed by atoms with Crippen LogP contribution in [0.1, 0.15) is 35.6 Å². The maximum absolute atomic E-state index is 12.4. The van der Waals surface area contributed by atoms with Crippen LogP contribution in [0.5, 0.6) is 5.75 Å². The molecule has 1 aromatic heterocycles. The molecule has 1 aliphatic rings. The van der Waals surface area contributed by atoms with Crippen LogP contribution in [0.15, 0.2) is 47.4 Å². The molecule has 0 amide bonds. The Kier molecular flexibility index (Phi) is 4.20. The lowest BCUT2D eigenvalue weighted by Gasteiger charge is -2.23. The second-order valence-electron chi connectivity index (χ2n) is 5.23. The van der Waals surface area contributed by atoms with E-state index in [1.54, 1.807) is 18.4 Å². The zero-order valence-electron chi connectivity index (χ0n) is 12.0. The Balaban J connectivity index is 2.03. The maximum atomic E-state index is 12.4. The lowest BCUT2D eigenvalue weighted by Crippen LogP contribution is -2.17. The van der Waals surface area contributed by atoms with Crippen molar-refractivity contribution in [2.24, 2.45) is 0 Å². The van der Waals surface area contributed by atoms with E-state index in [4.69, 9.17) is 4.74 Å². The van der Waals surface area contributed by atoms with E-state index in [1.807, 2.05) is 30.3 Å². The summed E-state index contributed by atoms with van der Waals surface area (Å²) in [4.78, 5) is 13.7. The Morgan fingerprint density at radius 2 is 2.10 bits per heavy atom. The van der Waals surface area contributed by atoms with Gasteiger partial charge in [0.2, 0.25) is 0 Å². The van der Waals surface area contributed by atoms with E-state index in [1.165, 1.54) is 4.88 Å². The molecule has 1 saturated carbocycles. The molecule has 1 fully saturated rings. The quantitative estimate of drug-likeness (QED) is 0.769. The number of carbonyl (C=O) groups excluding carboxylic acids is 1. The summed E-state index contributed by atoms with van der Waals surface area (Å²) >= 11 is 1.73. The summed E-state index contributed by atoms with van der Waals surface area (Å²) in [5.74, 6) is 1.31. The zero-order chi connectivity index (χ0) is 14.7. The summed E-state index contributed by atoms with van der Waals surface area (Å²) in [6.07, 6.45) is 4.70. The summed E-state index contributed by atoms with van der Waals surface area (Å²) in [6, 6.07) is 12.0. The van der Waals surface area contributed by atoms with Crippen molar-refractivity contribution in [2.75, 3.05) is 7.11 Å². The molecule has 1 heterocycles. The average Bonchev–Trinajstić information content (AvgIpc) is 3.04. The average molecular weight is 298 g/mol. The topological polar surface area (TPSA) is 26.3 Å². The highest BCUT2D eigenvalue weighted by atomic mass is 32.1. The first-order valence-electron chi connectivity index (χ1n) is 7.21. The summed E-state index contributed by atoms with van der Waals surface area (Å²) in [5.41, 5.74) is 1.90. The highest BCUT2D eigenvalue weighted by Crippen LogP contribution is 2.39. The molecule has 108 valence electrons. The first-order valence-corrected chi connectivity index (χ1v) is 8.09. The van der Waals surface area contributed by atoms with Crippen molar-refractivity contribution < 1.29 is 9.53 Å². The fourth-order valence-electron chi connectivity index (χ4n) is 2.88. The van der Waals surface area contributed by atoms with E-state index in [0.29, 0.717) is 6.42 Å². The highest BCUT2D eigenvalue weighted by Gasteiger charge is 2.27. The molecule has 0 bridgehead atoms. The van der Waals surface area contributed by atoms with Crippen molar-refractivity contribution in [1.29, 1.82) is 0 Å². The minimum Gasteiger partial charge on any atom is -0.496 e. The van der Waals surface area contributed by atoms with Gasteiger partial charge in [-0.15, -0.1) is 11.3 Å². The van der Waals surface area contributed by atoms with Gasteiger partial charge in [-0.1, -0.05) is 24.3 Å². The number of ether oxygens (including phenoxy) is 1. The van der Waals surface area contributed by atoms with Crippen LogP contribution in [0.25, 0.3) is 6.08 Å². The standard InChI is InChI=1S/C18H18O2S/c1-20-17-9-3-2-6-13(17)12-15-14(7-4-8-16(15)19)18-10-5-11-21-18/h2-3,5-6,9-12,14H,4,7-8H2,1H3. The van der Waals surface area contributed by atoms with Crippen LogP contribution in [0.3, 0.4) is 0 Å². The van der Waals surface area contributed by atoms with Gasteiger partial charge in [-0.05, 0) is 36.4 Å². The molecule has 2 aromatic rings. The van der Waals surface area contributed by atoms with Crippen molar-refractivity contribution in [1.82, 2.24) is 0 Å². The summed E-state index contributed by atoms with van der Waals surface area (Å²) < 4.78 is 5.39. The third-order valence-electron chi connectivity index (χ3n) is 3.93. The molecule has 21 heavy (non-hydrogen) atoms. The van der Waals surface area contributed by atoms with Crippen LogP contribution in [0, 0.1) is 0 Å². The third kappa shape index (κ3) is 2.93. The second kappa shape index (κ2) is 6.27. The first-order chi connectivity index (χ1) is 10.3. The molecule has 0 N–H and O–H groups in total. The first kappa shape index (κ1) is 14.1. The number of hydrogen-bond acceptors (Lipinski definition) is 3. The monoisotopic (exact) mass is 298 g/mol. The molecule has 3 rings (SSSR count). The van der Waals surface area contributed by atoms with E-state index >= 15 is 0 Å². The Labute approximate surface area is 129 Å². The summed E-state index contributed by atoms with van der Waals surface area (Å²) in [6.45, 7) is 0. The number of hydrogen-bond donors (Lipinski definition) is 0. The molecule has 1 atom stereocenters. The third-order valence-corrected chi connectivity index (χ3v) is 4.92. The van der Waals surface area contributed by atoms with Gasteiger partial charge in [0.15, 0.2) is 5.78 Å². The number of benzene rings is 1. The van der Waals surface area contributed by atoms with Gasteiger partial charge in [-0.25, -0.2) is 0 Å². The van der Waals surface area contributed by atoms with Crippen molar-refractivity contribution in [3.8, 4) is 5.75 Å². The Morgan fingerprint density at radius 1 is 1.24 bits per heavy atom. The van der Waals surface area contributed by atoms with Crippen LogP contribution >= 0.6 is 11.3 Å². The molecule has 0 aliphatic heterocycles. The van der Waals surface area contributed by atoms with Crippen LogP contribution in [0.4, 0.5) is 0 Å². The molecule has 1 aromatic carbocycles. The molecule has 2 nitrogen and oxygen atoms in total. The SMILES string of the molecule is COc1ccccc1C=C1C(=O)CCCC1c1cccs1. The second-order valence-corrected chi connectivity index (χ2v) is 6.20. The fraction of sp³-hybridized carbons (Fsp3) is 0.278. The maximum Gasteiger partial charge on any atom is 0.159 e. The van der Waals surface area contributed by atoms with Gasteiger partial charge in [0.1, 0.15) is 5.75 Å². The molecule has 1 aliphatic carbocycles. The smallest absolute Gasteiger partial charge is 0.159 e. The normalized spacial score (nSPS) is 20.7. The number of para-hydroxylation sites is 1. The van der Waals surface area contributed by atoms with Crippen molar-refractivity contribution >= 4 is 23.2 Å². The van der Waals surface area contributed by atoms with E-state index in [2.05, 4.69) is 17.5 Å². The van der Waals surface area contributed by atoms with Gasteiger partial charge in [-0.3, -0.25) is 4.79 Å². The number of thiophene rings is 1. The van der Waals surface area contributed by atoms with Crippen LogP contribution in [-0.4, -0.2) is 12.9 Å². The summed E-state index contributed by atoms with van der Waals surface area (Å²) in [5, 5.41) is 2.08. The highest BCUT2D eigenvalue weighted by molar-refractivity contribution is 7.10. The fourth-order valence-corrected chi connectivity index (χ4v) is 3.76. The van der Waals surface area contributed by atoms with Gasteiger partial charge in [0.05, 0.1) is 7.11 Å². The van der Waals surface area contributed by atoms with E-state index < -0.39 is 0 Å². The van der Waals surface area contributed by atoms with Crippen LogP contribution in [-0.2, 0) is 4.79 Å². The number of Topliss-reactive ketones (excluding diaryl/α,β-unsaturated/α-hetero) is 1. The predicted molar refractivity (Wildman–Crippen MR) is 86.9 cm³/mol. The van der Waals surface area contributed by atoms with Crippen molar-refractivity contribution in [3.63, 3.8) is 0 Å². The molecule has 0 spiro atoms. The van der Waals surface area contributed by atoms with E-state index in [9.17, 15) is 4.79 Å². The molecule has 3 heteroatoms.